The third kappa shape index (κ3) is 3.82. The van der Waals surface area contributed by atoms with Crippen LogP contribution in [0.4, 0.5) is 0 Å². The number of hydrogen-bond acceptors (Lipinski definition) is 2. The van der Waals surface area contributed by atoms with Gasteiger partial charge in [-0.15, -0.1) is 0 Å². The van der Waals surface area contributed by atoms with E-state index in [4.69, 9.17) is 16.3 Å². The lowest BCUT2D eigenvalue weighted by atomic mass is 10.1. The number of halogens is 2. The standard InChI is InChI=1S/C15H12BrClO2/c1-10(18)14-6-5-12(16)8-15(14)19-9-11-3-2-4-13(17)7-11/h2-8H,9H2,1H3. The van der Waals surface area contributed by atoms with E-state index in [1.165, 1.54) is 6.92 Å². The molecule has 0 fully saturated rings. The van der Waals surface area contributed by atoms with Crippen molar-refractivity contribution in [2.75, 3.05) is 0 Å². The van der Waals surface area contributed by atoms with Gasteiger partial charge in [0.15, 0.2) is 5.78 Å². The maximum atomic E-state index is 11.5. The lowest BCUT2D eigenvalue weighted by Gasteiger charge is -2.10. The molecule has 19 heavy (non-hydrogen) atoms. The molecule has 0 unspecified atom stereocenters. The minimum atomic E-state index is -0.0198. The summed E-state index contributed by atoms with van der Waals surface area (Å²) in [5.74, 6) is 0.551. The van der Waals surface area contributed by atoms with E-state index in [-0.39, 0.29) is 5.78 Å². The van der Waals surface area contributed by atoms with Crippen LogP contribution in [0.5, 0.6) is 5.75 Å². The van der Waals surface area contributed by atoms with Crippen LogP contribution in [0.3, 0.4) is 0 Å². The van der Waals surface area contributed by atoms with Crippen LogP contribution in [0.25, 0.3) is 0 Å². The van der Waals surface area contributed by atoms with Crippen molar-refractivity contribution in [3.63, 3.8) is 0 Å². The number of carbonyl (C=O) groups is 1. The monoisotopic (exact) mass is 338 g/mol. The van der Waals surface area contributed by atoms with Crippen molar-refractivity contribution in [1.82, 2.24) is 0 Å². The van der Waals surface area contributed by atoms with Crippen LogP contribution in [-0.2, 0) is 6.61 Å². The molecule has 2 rings (SSSR count). The van der Waals surface area contributed by atoms with Crippen molar-refractivity contribution < 1.29 is 9.53 Å². The van der Waals surface area contributed by atoms with Gasteiger partial charge in [-0.25, -0.2) is 0 Å². The highest BCUT2D eigenvalue weighted by Gasteiger charge is 2.09. The molecular weight excluding hydrogens is 328 g/mol. The van der Waals surface area contributed by atoms with Gasteiger partial charge in [-0.05, 0) is 42.8 Å². The minimum absolute atomic E-state index is 0.0198. The van der Waals surface area contributed by atoms with Gasteiger partial charge in [0, 0.05) is 9.50 Å². The first-order valence-electron chi connectivity index (χ1n) is 5.74. The van der Waals surface area contributed by atoms with E-state index in [0.717, 1.165) is 10.0 Å². The smallest absolute Gasteiger partial charge is 0.163 e. The minimum Gasteiger partial charge on any atom is -0.488 e. The van der Waals surface area contributed by atoms with Gasteiger partial charge in [0.25, 0.3) is 0 Å². The molecule has 0 aliphatic rings. The zero-order chi connectivity index (χ0) is 13.8. The number of carbonyl (C=O) groups excluding carboxylic acids is 1. The zero-order valence-corrected chi connectivity index (χ0v) is 12.7. The van der Waals surface area contributed by atoms with Gasteiger partial charge in [0.2, 0.25) is 0 Å². The molecule has 4 heteroatoms. The van der Waals surface area contributed by atoms with Gasteiger partial charge >= 0.3 is 0 Å². The van der Waals surface area contributed by atoms with Crippen LogP contribution < -0.4 is 4.74 Å². The Morgan fingerprint density at radius 2 is 2.05 bits per heavy atom. The first-order valence-corrected chi connectivity index (χ1v) is 6.91. The van der Waals surface area contributed by atoms with E-state index in [1.54, 1.807) is 12.1 Å². The Kier molecular flexibility index (Phi) is 4.61. The number of benzene rings is 2. The summed E-state index contributed by atoms with van der Waals surface area (Å²) in [6.45, 7) is 1.90. The molecular formula is C15H12BrClO2. The van der Waals surface area contributed by atoms with E-state index >= 15 is 0 Å². The molecule has 0 radical (unpaired) electrons. The van der Waals surface area contributed by atoms with Gasteiger partial charge < -0.3 is 4.74 Å². The highest BCUT2D eigenvalue weighted by molar-refractivity contribution is 9.10. The molecule has 2 aromatic carbocycles. The molecule has 0 amide bonds. The zero-order valence-electron chi connectivity index (χ0n) is 10.3. The summed E-state index contributed by atoms with van der Waals surface area (Å²) in [5, 5.41) is 0.669. The number of rotatable bonds is 4. The predicted molar refractivity (Wildman–Crippen MR) is 79.9 cm³/mol. The number of ketones is 1. The molecule has 0 saturated heterocycles. The number of hydrogen-bond donors (Lipinski definition) is 0. The Hall–Kier alpha value is -1.32. The van der Waals surface area contributed by atoms with E-state index in [0.29, 0.717) is 22.9 Å². The SMILES string of the molecule is CC(=O)c1ccc(Br)cc1OCc1cccc(Cl)c1. The molecule has 2 nitrogen and oxygen atoms in total. The average molecular weight is 340 g/mol. The number of ether oxygens (including phenoxy) is 1. The first kappa shape index (κ1) is 14.1. The van der Waals surface area contributed by atoms with Crippen LogP contribution in [0, 0.1) is 0 Å². The molecule has 0 aliphatic carbocycles. The fraction of sp³-hybridized carbons (Fsp3) is 0.133. The first-order chi connectivity index (χ1) is 9.06. The van der Waals surface area contributed by atoms with Gasteiger partial charge in [-0.1, -0.05) is 39.7 Å². The fourth-order valence-electron chi connectivity index (χ4n) is 1.69. The second kappa shape index (κ2) is 6.22. The molecule has 2 aromatic rings. The molecule has 0 N–H and O–H groups in total. The van der Waals surface area contributed by atoms with Crippen LogP contribution in [0.1, 0.15) is 22.8 Å². The van der Waals surface area contributed by atoms with E-state index in [9.17, 15) is 4.79 Å². The Morgan fingerprint density at radius 3 is 2.74 bits per heavy atom. The Balaban J connectivity index is 2.19. The largest absolute Gasteiger partial charge is 0.488 e. The highest BCUT2D eigenvalue weighted by atomic mass is 79.9. The Morgan fingerprint density at radius 1 is 1.26 bits per heavy atom. The molecule has 0 atom stereocenters. The molecule has 0 spiro atoms. The summed E-state index contributed by atoms with van der Waals surface area (Å²) in [6.07, 6.45) is 0. The molecule has 0 saturated carbocycles. The van der Waals surface area contributed by atoms with Gasteiger partial charge in [0.1, 0.15) is 12.4 Å². The topological polar surface area (TPSA) is 26.3 Å². The summed E-state index contributed by atoms with van der Waals surface area (Å²) in [5.41, 5.74) is 1.53. The summed E-state index contributed by atoms with van der Waals surface area (Å²) in [6, 6.07) is 12.8. The highest BCUT2D eigenvalue weighted by Crippen LogP contribution is 2.25. The quantitative estimate of drug-likeness (QED) is 0.742. The fourth-order valence-corrected chi connectivity index (χ4v) is 2.25. The second-order valence-corrected chi connectivity index (χ2v) is 5.47. The molecule has 0 heterocycles. The summed E-state index contributed by atoms with van der Waals surface area (Å²) < 4.78 is 6.58. The Bertz CT molecular complexity index is 611. The molecule has 0 bridgehead atoms. The lowest BCUT2D eigenvalue weighted by molar-refractivity contribution is 0.101. The third-order valence-corrected chi connectivity index (χ3v) is 3.33. The predicted octanol–water partition coefficient (Wildman–Crippen LogP) is 4.88. The van der Waals surface area contributed by atoms with Crippen molar-refractivity contribution in [2.45, 2.75) is 13.5 Å². The Labute approximate surface area is 125 Å². The van der Waals surface area contributed by atoms with Crippen LogP contribution >= 0.6 is 27.5 Å². The second-order valence-electron chi connectivity index (χ2n) is 4.12. The van der Waals surface area contributed by atoms with Crippen LogP contribution in [0.15, 0.2) is 46.9 Å². The van der Waals surface area contributed by atoms with Crippen LogP contribution in [0.2, 0.25) is 5.02 Å². The molecule has 0 aromatic heterocycles. The maximum absolute atomic E-state index is 11.5. The molecule has 0 aliphatic heterocycles. The van der Waals surface area contributed by atoms with Gasteiger partial charge in [-0.3, -0.25) is 4.79 Å². The maximum Gasteiger partial charge on any atom is 0.163 e. The van der Waals surface area contributed by atoms with E-state index in [2.05, 4.69) is 15.9 Å². The normalized spacial score (nSPS) is 10.3. The van der Waals surface area contributed by atoms with Crippen molar-refractivity contribution in [1.29, 1.82) is 0 Å². The van der Waals surface area contributed by atoms with Crippen LogP contribution in [-0.4, -0.2) is 5.78 Å². The number of Topliss-reactive ketones (excluding diaryl/α,β-unsaturated/α-hetero) is 1. The summed E-state index contributed by atoms with van der Waals surface area (Å²) in [4.78, 5) is 11.5. The van der Waals surface area contributed by atoms with Crippen molar-refractivity contribution in [2.24, 2.45) is 0 Å². The van der Waals surface area contributed by atoms with Crippen molar-refractivity contribution >= 4 is 33.3 Å². The van der Waals surface area contributed by atoms with E-state index in [1.807, 2.05) is 30.3 Å². The van der Waals surface area contributed by atoms with Crippen molar-refractivity contribution in [3.05, 3.63) is 63.1 Å². The molecule has 98 valence electrons. The third-order valence-electron chi connectivity index (χ3n) is 2.61. The lowest BCUT2D eigenvalue weighted by Crippen LogP contribution is -2.01. The van der Waals surface area contributed by atoms with Crippen molar-refractivity contribution in [3.8, 4) is 5.75 Å². The summed E-state index contributed by atoms with van der Waals surface area (Å²) >= 11 is 9.29. The average Bonchev–Trinajstić information content (AvgIpc) is 2.36. The summed E-state index contributed by atoms with van der Waals surface area (Å²) in [7, 11) is 0. The van der Waals surface area contributed by atoms with Gasteiger partial charge in [0.05, 0.1) is 5.56 Å². The van der Waals surface area contributed by atoms with E-state index < -0.39 is 0 Å². The van der Waals surface area contributed by atoms with Gasteiger partial charge in [-0.2, -0.15) is 0 Å².